The van der Waals surface area contributed by atoms with Crippen molar-refractivity contribution in [2.75, 3.05) is 6.61 Å². The molecule has 0 amide bonds. The summed E-state index contributed by atoms with van der Waals surface area (Å²) in [6.45, 7) is 9.98. The Morgan fingerprint density at radius 1 is 1.11 bits per heavy atom. The summed E-state index contributed by atoms with van der Waals surface area (Å²) in [5.74, 6) is 1.01. The van der Waals surface area contributed by atoms with Gasteiger partial charge in [-0.1, -0.05) is 33.6 Å². The number of hydrogen-bond donors (Lipinski definition) is 1. The number of nitrogens with one attached hydrogen (secondary N) is 1. The van der Waals surface area contributed by atoms with E-state index in [0.717, 1.165) is 18.6 Å². The Balaban J connectivity index is 1.72. The lowest BCUT2D eigenvalue weighted by Gasteiger charge is -2.53. The highest BCUT2D eigenvalue weighted by molar-refractivity contribution is 5.04. The molecule has 0 saturated heterocycles. The zero-order valence-corrected chi connectivity index (χ0v) is 13.4. The van der Waals surface area contributed by atoms with Crippen LogP contribution in [0, 0.1) is 11.3 Å². The third-order valence-electron chi connectivity index (χ3n) is 5.53. The lowest BCUT2D eigenvalue weighted by atomic mass is 9.64. The fourth-order valence-electron chi connectivity index (χ4n) is 3.96. The molecular weight excluding hydrogens is 234 g/mol. The van der Waals surface area contributed by atoms with Gasteiger partial charge in [-0.3, -0.25) is 0 Å². The summed E-state index contributed by atoms with van der Waals surface area (Å²) in [4.78, 5) is 0. The molecule has 0 aromatic heterocycles. The summed E-state index contributed by atoms with van der Waals surface area (Å²) in [6, 6.07) is 1.43. The van der Waals surface area contributed by atoms with Crippen molar-refractivity contribution in [3.8, 4) is 0 Å². The van der Waals surface area contributed by atoms with E-state index in [2.05, 4.69) is 33.0 Å². The molecule has 0 aliphatic heterocycles. The highest BCUT2D eigenvalue weighted by Gasteiger charge is 2.49. The van der Waals surface area contributed by atoms with Crippen molar-refractivity contribution in [2.24, 2.45) is 11.3 Å². The van der Waals surface area contributed by atoms with Gasteiger partial charge in [-0.15, -0.1) is 0 Å². The molecule has 0 aromatic carbocycles. The van der Waals surface area contributed by atoms with Crippen LogP contribution >= 0.6 is 0 Å². The fourth-order valence-corrected chi connectivity index (χ4v) is 3.96. The molecule has 2 aliphatic carbocycles. The fraction of sp³-hybridized carbons (Fsp3) is 1.00. The lowest BCUT2D eigenvalue weighted by molar-refractivity contribution is -0.117. The topological polar surface area (TPSA) is 21.3 Å². The molecular formula is C17H33NO. The molecule has 0 radical (unpaired) electrons. The van der Waals surface area contributed by atoms with Gasteiger partial charge >= 0.3 is 0 Å². The molecule has 2 nitrogen and oxygen atoms in total. The molecule has 2 heteroatoms. The van der Waals surface area contributed by atoms with Gasteiger partial charge in [-0.2, -0.15) is 0 Å². The lowest BCUT2D eigenvalue weighted by Crippen LogP contribution is -2.63. The van der Waals surface area contributed by atoms with Gasteiger partial charge in [0.1, 0.15) is 0 Å². The Labute approximate surface area is 119 Å². The van der Waals surface area contributed by atoms with Crippen molar-refractivity contribution >= 4 is 0 Å². The van der Waals surface area contributed by atoms with Crippen LogP contribution in [0.25, 0.3) is 0 Å². The minimum absolute atomic E-state index is 0.316. The van der Waals surface area contributed by atoms with Crippen LogP contribution in [0.4, 0.5) is 0 Å². The molecule has 112 valence electrons. The van der Waals surface area contributed by atoms with Gasteiger partial charge < -0.3 is 10.1 Å². The normalized spacial score (nSPS) is 37.9. The summed E-state index contributed by atoms with van der Waals surface area (Å²) in [5, 5.41) is 3.92. The summed E-state index contributed by atoms with van der Waals surface area (Å²) in [5.41, 5.74) is 0.316. The van der Waals surface area contributed by atoms with Crippen molar-refractivity contribution in [3.63, 3.8) is 0 Å². The van der Waals surface area contributed by atoms with Gasteiger partial charge in [0.2, 0.25) is 0 Å². The monoisotopic (exact) mass is 267 g/mol. The van der Waals surface area contributed by atoms with Gasteiger partial charge in [-0.25, -0.2) is 0 Å². The van der Waals surface area contributed by atoms with Crippen LogP contribution < -0.4 is 5.32 Å². The molecule has 2 fully saturated rings. The molecule has 0 aromatic rings. The zero-order valence-electron chi connectivity index (χ0n) is 13.4. The van der Waals surface area contributed by atoms with Crippen molar-refractivity contribution in [2.45, 2.75) is 90.8 Å². The number of hydrogen-bond acceptors (Lipinski definition) is 2. The molecule has 2 saturated carbocycles. The second-order valence-corrected chi connectivity index (χ2v) is 7.23. The van der Waals surface area contributed by atoms with E-state index in [-0.39, 0.29) is 0 Å². The van der Waals surface area contributed by atoms with Crippen molar-refractivity contribution in [3.05, 3.63) is 0 Å². The van der Waals surface area contributed by atoms with Crippen molar-refractivity contribution < 1.29 is 4.74 Å². The summed E-state index contributed by atoms with van der Waals surface area (Å²) in [7, 11) is 0. The predicted octanol–water partition coefficient (Wildman–Crippen LogP) is 4.14. The van der Waals surface area contributed by atoms with Crippen LogP contribution in [0.5, 0.6) is 0 Å². The largest absolute Gasteiger partial charge is 0.378 e. The predicted molar refractivity (Wildman–Crippen MR) is 81.4 cm³/mol. The maximum absolute atomic E-state index is 5.82. The minimum Gasteiger partial charge on any atom is -0.378 e. The van der Waals surface area contributed by atoms with Crippen LogP contribution in [0.1, 0.15) is 72.6 Å². The molecule has 2 rings (SSSR count). The zero-order chi connectivity index (χ0) is 13.9. The average molecular weight is 267 g/mol. The van der Waals surface area contributed by atoms with Crippen LogP contribution in [0.2, 0.25) is 0 Å². The summed E-state index contributed by atoms with van der Waals surface area (Å²) < 4.78 is 5.82. The van der Waals surface area contributed by atoms with Crippen LogP contribution in [-0.2, 0) is 4.74 Å². The van der Waals surface area contributed by atoms with Crippen LogP contribution in [0.15, 0.2) is 0 Å². The maximum atomic E-state index is 5.82. The van der Waals surface area contributed by atoms with E-state index < -0.39 is 0 Å². The van der Waals surface area contributed by atoms with Crippen LogP contribution in [0.3, 0.4) is 0 Å². The van der Waals surface area contributed by atoms with E-state index in [9.17, 15) is 0 Å². The first-order valence-corrected chi connectivity index (χ1v) is 8.45. The van der Waals surface area contributed by atoms with E-state index in [4.69, 9.17) is 4.74 Å². The average Bonchev–Trinajstić information content (AvgIpc) is 2.40. The van der Waals surface area contributed by atoms with Gasteiger partial charge in [0.25, 0.3) is 0 Å². The highest BCUT2D eigenvalue weighted by Crippen LogP contribution is 2.43. The summed E-state index contributed by atoms with van der Waals surface area (Å²) >= 11 is 0. The third-order valence-corrected chi connectivity index (χ3v) is 5.53. The maximum Gasteiger partial charge on any atom is 0.0655 e. The Morgan fingerprint density at radius 2 is 1.79 bits per heavy atom. The molecule has 2 unspecified atom stereocenters. The van der Waals surface area contributed by atoms with E-state index in [0.29, 0.717) is 17.6 Å². The molecule has 0 spiro atoms. The summed E-state index contributed by atoms with van der Waals surface area (Å²) in [6.07, 6.45) is 10.1. The smallest absolute Gasteiger partial charge is 0.0655 e. The van der Waals surface area contributed by atoms with E-state index in [1.165, 1.54) is 44.9 Å². The van der Waals surface area contributed by atoms with Crippen molar-refractivity contribution in [1.29, 1.82) is 0 Å². The van der Waals surface area contributed by atoms with E-state index in [1.807, 2.05) is 0 Å². The van der Waals surface area contributed by atoms with Gasteiger partial charge in [0, 0.05) is 24.1 Å². The Kier molecular flexibility index (Phi) is 5.30. The molecule has 2 aliphatic rings. The van der Waals surface area contributed by atoms with Crippen molar-refractivity contribution in [1.82, 2.24) is 5.32 Å². The second-order valence-electron chi connectivity index (χ2n) is 7.23. The third kappa shape index (κ3) is 3.52. The molecule has 0 heterocycles. The number of ether oxygens (including phenoxy) is 1. The standard InChI is InChI=1S/C17H33NO/c1-5-7-13-8-10-14(11-9-13)18-15-12-16(19-6-2)17(15,3)4/h13-16,18H,5-12H2,1-4H3. The van der Waals surface area contributed by atoms with Gasteiger partial charge in [-0.05, 0) is 44.9 Å². The Hall–Kier alpha value is -0.0800. The first-order valence-electron chi connectivity index (χ1n) is 8.45. The highest BCUT2D eigenvalue weighted by atomic mass is 16.5. The van der Waals surface area contributed by atoms with E-state index >= 15 is 0 Å². The molecule has 2 atom stereocenters. The Morgan fingerprint density at radius 3 is 2.32 bits per heavy atom. The number of rotatable bonds is 6. The van der Waals surface area contributed by atoms with Crippen LogP contribution in [-0.4, -0.2) is 24.8 Å². The van der Waals surface area contributed by atoms with E-state index in [1.54, 1.807) is 0 Å². The van der Waals surface area contributed by atoms with Gasteiger partial charge in [0.05, 0.1) is 6.10 Å². The first kappa shape index (κ1) is 15.3. The molecule has 1 N–H and O–H groups in total. The van der Waals surface area contributed by atoms with Gasteiger partial charge in [0.15, 0.2) is 0 Å². The second kappa shape index (κ2) is 6.58. The quantitative estimate of drug-likeness (QED) is 0.781. The molecule has 19 heavy (non-hydrogen) atoms. The molecule has 0 bridgehead atoms. The first-order chi connectivity index (χ1) is 9.07. The minimum atomic E-state index is 0.316. The SMILES string of the molecule is CCCC1CCC(NC2CC(OCC)C2(C)C)CC1. The Bertz CT molecular complexity index is 268.